The molecule has 0 bridgehead atoms. The van der Waals surface area contributed by atoms with Crippen molar-refractivity contribution in [3.8, 4) is 0 Å². The van der Waals surface area contributed by atoms with Crippen molar-refractivity contribution in [2.45, 2.75) is 19.4 Å². The minimum absolute atomic E-state index is 0.111. The lowest BCUT2D eigenvalue weighted by molar-refractivity contribution is 0.628. The zero-order valence-corrected chi connectivity index (χ0v) is 12.0. The summed E-state index contributed by atoms with van der Waals surface area (Å²) in [5.41, 5.74) is 1.88. The van der Waals surface area contributed by atoms with E-state index in [0.717, 1.165) is 17.7 Å². The van der Waals surface area contributed by atoms with Gasteiger partial charge in [0.25, 0.3) is 0 Å². The van der Waals surface area contributed by atoms with Crippen molar-refractivity contribution >= 4 is 28.9 Å². The molecule has 2 rings (SSSR count). The van der Waals surface area contributed by atoms with Gasteiger partial charge >= 0.3 is 0 Å². The number of nitrogens with one attached hydrogen (secondary N) is 1. The fraction of sp³-hybridized carbons (Fsp3) is 0.200. The van der Waals surface area contributed by atoms with Gasteiger partial charge in [-0.3, -0.25) is 0 Å². The maximum atomic E-state index is 13.1. The number of halogens is 3. The Labute approximate surface area is 122 Å². The second-order valence-corrected chi connectivity index (χ2v) is 5.13. The monoisotopic (exact) mass is 297 g/mol. The molecule has 0 aliphatic rings. The molecule has 2 aromatic rings. The van der Waals surface area contributed by atoms with E-state index in [9.17, 15) is 4.39 Å². The molecule has 0 aromatic heterocycles. The number of rotatable bonds is 4. The third-order valence-corrected chi connectivity index (χ3v) is 3.44. The van der Waals surface area contributed by atoms with E-state index in [1.54, 1.807) is 12.1 Å². The second kappa shape index (κ2) is 6.27. The maximum absolute atomic E-state index is 13.1. The Morgan fingerprint density at radius 1 is 1.16 bits per heavy atom. The normalized spacial score (nSPS) is 12.2. The van der Waals surface area contributed by atoms with Crippen molar-refractivity contribution in [3.05, 3.63) is 63.9 Å². The Kier molecular flexibility index (Phi) is 4.67. The average Bonchev–Trinajstić information content (AvgIpc) is 2.40. The molecule has 100 valence electrons. The van der Waals surface area contributed by atoms with Gasteiger partial charge in [-0.1, -0.05) is 42.3 Å². The van der Waals surface area contributed by atoms with Gasteiger partial charge in [0, 0.05) is 10.7 Å². The molecular weight excluding hydrogens is 284 g/mol. The molecule has 2 aromatic carbocycles. The molecular formula is C15H14Cl2FN. The lowest BCUT2D eigenvalue weighted by atomic mass is 10.0. The largest absolute Gasteiger partial charge is 0.378 e. The zero-order chi connectivity index (χ0) is 13.8. The Morgan fingerprint density at radius 3 is 2.58 bits per heavy atom. The smallest absolute Gasteiger partial charge is 0.141 e. The van der Waals surface area contributed by atoms with Crippen LogP contribution in [-0.2, 0) is 0 Å². The van der Waals surface area contributed by atoms with Gasteiger partial charge in [0.05, 0.1) is 11.1 Å². The summed E-state index contributed by atoms with van der Waals surface area (Å²) in [7, 11) is 0. The van der Waals surface area contributed by atoms with Crippen molar-refractivity contribution in [1.82, 2.24) is 0 Å². The van der Waals surface area contributed by atoms with E-state index >= 15 is 0 Å². The zero-order valence-electron chi connectivity index (χ0n) is 10.5. The van der Waals surface area contributed by atoms with Crippen LogP contribution in [0.2, 0.25) is 10.0 Å². The molecule has 0 saturated heterocycles. The predicted molar refractivity (Wildman–Crippen MR) is 79.5 cm³/mol. The van der Waals surface area contributed by atoms with Gasteiger partial charge in [0.1, 0.15) is 5.82 Å². The number of anilines is 1. The summed E-state index contributed by atoms with van der Waals surface area (Å²) in [6.45, 7) is 2.07. The first-order valence-electron chi connectivity index (χ1n) is 6.07. The Morgan fingerprint density at radius 2 is 1.95 bits per heavy atom. The summed E-state index contributed by atoms with van der Waals surface area (Å²) in [5.74, 6) is -0.414. The average molecular weight is 298 g/mol. The summed E-state index contributed by atoms with van der Waals surface area (Å²) in [5, 5.41) is 4.15. The molecule has 19 heavy (non-hydrogen) atoms. The molecule has 0 aliphatic carbocycles. The lowest BCUT2D eigenvalue weighted by Crippen LogP contribution is -2.09. The van der Waals surface area contributed by atoms with Crippen molar-refractivity contribution in [2.75, 3.05) is 5.32 Å². The Hall–Kier alpha value is -1.25. The second-order valence-electron chi connectivity index (χ2n) is 4.29. The highest BCUT2D eigenvalue weighted by Crippen LogP contribution is 2.27. The van der Waals surface area contributed by atoms with Gasteiger partial charge in [0.15, 0.2) is 0 Å². The van der Waals surface area contributed by atoms with E-state index in [1.165, 1.54) is 6.07 Å². The van der Waals surface area contributed by atoms with Gasteiger partial charge in [-0.05, 0) is 42.3 Å². The van der Waals surface area contributed by atoms with Gasteiger partial charge < -0.3 is 5.32 Å². The van der Waals surface area contributed by atoms with E-state index in [4.69, 9.17) is 23.2 Å². The van der Waals surface area contributed by atoms with Crippen molar-refractivity contribution in [3.63, 3.8) is 0 Å². The van der Waals surface area contributed by atoms with Gasteiger partial charge in [-0.2, -0.15) is 0 Å². The van der Waals surface area contributed by atoms with Crippen LogP contribution in [0.4, 0.5) is 10.1 Å². The summed E-state index contributed by atoms with van der Waals surface area (Å²) >= 11 is 11.8. The number of hydrogen-bond acceptors (Lipinski definition) is 1. The quantitative estimate of drug-likeness (QED) is 0.764. The molecule has 0 heterocycles. The molecule has 0 radical (unpaired) electrons. The molecule has 0 spiro atoms. The van der Waals surface area contributed by atoms with Crippen LogP contribution >= 0.6 is 23.2 Å². The van der Waals surface area contributed by atoms with Crippen LogP contribution in [0.3, 0.4) is 0 Å². The highest BCUT2D eigenvalue weighted by atomic mass is 35.5. The molecule has 1 unspecified atom stereocenters. The van der Waals surface area contributed by atoms with Crippen LogP contribution in [0.1, 0.15) is 24.9 Å². The van der Waals surface area contributed by atoms with Crippen LogP contribution < -0.4 is 5.32 Å². The van der Waals surface area contributed by atoms with E-state index in [0.29, 0.717) is 5.02 Å². The van der Waals surface area contributed by atoms with Gasteiger partial charge in [-0.15, -0.1) is 0 Å². The minimum atomic E-state index is -0.414. The lowest BCUT2D eigenvalue weighted by Gasteiger charge is -2.19. The summed E-state index contributed by atoms with van der Waals surface area (Å²) in [6.07, 6.45) is 0.884. The summed E-state index contributed by atoms with van der Waals surface area (Å²) < 4.78 is 13.1. The molecule has 0 fully saturated rings. The van der Waals surface area contributed by atoms with E-state index in [-0.39, 0.29) is 11.1 Å². The topological polar surface area (TPSA) is 12.0 Å². The van der Waals surface area contributed by atoms with Crippen LogP contribution in [0.25, 0.3) is 0 Å². The van der Waals surface area contributed by atoms with Gasteiger partial charge in [0.2, 0.25) is 0 Å². The van der Waals surface area contributed by atoms with E-state index < -0.39 is 5.82 Å². The van der Waals surface area contributed by atoms with Crippen molar-refractivity contribution in [2.24, 2.45) is 0 Å². The fourth-order valence-electron chi connectivity index (χ4n) is 1.93. The number of hydrogen-bond donors (Lipinski definition) is 1. The first kappa shape index (κ1) is 14.2. The fourth-order valence-corrected chi connectivity index (χ4v) is 2.31. The third-order valence-electron chi connectivity index (χ3n) is 2.92. The van der Waals surface area contributed by atoms with E-state index in [1.807, 2.05) is 24.3 Å². The minimum Gasteiger partial charge on any atom is -0.378 e. The van der Waals surface area contributed by atoms with Crippen LogP contribution in [0.15, 0.2) is 42.5 Å². The van der Waals surface area contributed by atoms with Crippen LogP contribution in [0, 0.1) is 5.82 Å². The Bertz CT molecular complexity index is 572. The first-order chi connectivity index (χ1) is 9.10. The molecule has 1 nitrogen and oxygen atoms in total. The van der Waals surface area contributed by atoms with E-state index in [2.05, 4.69) is 12.2 Å². The molecule has 0 saturated carbocycles. The number of benzene rings is 2. The standard InChI is InChI=1S/C15H14Cl2FN/c1-2-15(10-4-3-5-11(16)8-10)19-12-6-7-14(18)13(17)9-12/h3-9,15,19H,2H2,1H3. The molecule has 1 atom stereocenters. The third kappa shape index (κ3) is 3.62. The maximum Gasteiger partial charge on any atom is 0.141 e. The van der Waals surface area contributed by atoms with Crippen molar-refractivity contribution < 1.29 is 4.39 Å². The van der Waals surface area contributed by atoms with Crippen LogP contribution in [-0.4, -0.2) is 0 Å². The van der Waals surface area contributed by atoms with Gasteiger partial charge in [-0.25, -0.2) is 4.39 Å². The highest BCUT2D eigenvalue weighted by molar-refractivity contribution is 6.31. The highest BCUT2D eigenvalue weighted by Gasteiger charge is 2.10. The molecule has 4 heteroatoms. The molecule has 0 aliphatic heterocycles. The SMILES string of the molecule is CCC(Nc1ccc(F)c(Cl)c1)c1cccc(Cl)c1. The predicted octanol–water partition coefficient (Wildman–Crippen LogP) is 5.70. The van der Waals surface area contributed by atoms with Crippen molar-refractivity contribution in [1.29, 1.82) is 0 Å². The molecule has 1 N–H and O–H groups in total. The summed E-state index contributed by atoms with van der Waals surface area (Å²) in [4.78, 5) is 0. The Balaban J connectivity index is 2.21. The first-order valence-corrected chi connectivity index (χ1v) is 6.82. The molecule has 0 amide bonds. The summed E-state index contributed by atoms with van der Waals surface area (Å²) in [6, 6.07) is 12.4. The van der Waals surface area contributed by atoms with Crippen LogP contribution in [0.5, 0.6) is 0 Å².